The lowest BCUT2D eigenvalue weighted by Gasteiger charge is -2.05. The van der Waals surface area contributed by atoms with E-state index in [0.717, 1.165) is 11.1 Å². The zero-order chi connectivity index (χ0) is 13.0. The highest BCUT2D eigenvalue weighted by Gasteiger charge is 2.07. The van der Waals surface area contributed by atoms with Gasteiger partial charge in [-0.15, -0.1) is 0 Å². The fourth-order valence-corrected chi connectivity index (χ4v) is 1.68. The first kappa shape index (κ1) is 12.3. The van der Waals surface area contributed by atoms with Crippen LogP contribution in [0.4, 0.5) is 4.39 Å². The predicted octanol–water partition coefficient (Wildman–Crippen LogP) is 3.67. The zero-order valence-electron chi connectivity index (χ0n) is 10.0. The molecule has 2 nitrogen and oxygen atoms in total. The first-order chi connectivity index (χ1) is 8.70. The van der Waals surface area contributed by atoms with Gasteiger partial charge in [0.25, 0.3) is 0 Å². The molecule has 18 heavy (non-hydrogen) atoms. The SMILES string of the molecule is CCOC(=O)c1cccc(-c2ccc(F)cc2)c1. The van der Waals surface area contributed by atoms with E-state index < -0.39 is 0 Å². The summed E-state index contributed by atoms with van der Waals surface area (Å²) in [5, 5.41) is 0. The Hall–Kier alpha value is -2.16. The first-order valence-corrected chi connectivity index (χ1v) is 5.74. The molecule has 0 saturated carbocycles. The van der Waals surface area contributed by atoms with E-state index in [1.54, 1.807) is 37.3 Å². The molecule has 0 spiro atoms. The van der Waals surface area contributed by atoms with E-state index >= 15 is 0 Å². The number of ether oxygens (including phenoxy) is 1. The summed E-state index contributed by atoms with van der Waals surface area (Å²) in [7, 11) is 0. The average Bonchev–Trinajstić information content (AvgIpc) is 2.40. The van der Waals surface area contributed by atoms with E-state index in [1.807, 2.05) is 6.07 Å². The van der Waals surface area contributed by atoms with Crippen molar-refractivity contribution in [2.45, 2.75) is 6.92 Å². The lowest BCUT2D eigenvalue weighted by Crippen LogP contribution is -2.04. The van der Waals surface area contributed by atoms with Gasteiger partial charge in [-0.05, 0) is 42.3 Å². The van der Waals surface area contributed by atoms with Crippen LogP contribution in [0.3, 0.4) is 0 Å². The zero-order valence-corrected chi connectivity index (χ0v) is 10.0. The van der Waals surface area contributed by atoms with Gasteiger partial charge in [0.15, 0.2) is 0 Å². The monoisotopic (exact) mass is 244 g/mol. The topological polar surface area (TPSA) is 26.3 Å². The minimum absolute atomic E-state index is 0.278. The third kappa shape index (κ3) is 2.74. The summed E-state index contributed by atoms with van der Waals surface area (Å²) in [6.45, 7) is 2.11. The van der Waals surface area contributed by atoms with E-state index in [0.29, 0.717) is 12.2 Å². The second-order valence-corrected chi connectivity index (χ2v) is 3.81. The molecule has 2 rings (SSSR count). The molecular formula is C15H13FO2. The number of carbonyl (C=O) groups is 1. The lowest BCUT2D eigenvalue weighted by atomic mass is 10.0. The fourth-order valence-electron chi connectivity index (χ4n) is 1.68. The molecule has 0 aliphatic rings. The van der Waals surface area contributed by atoms with Gasteiger partial charge < -0.3 is 4.74 Å². The summed E-state index contributed by atoms with van der Waals surface area (Å²) >= 11 is 0. The molecule has 0 atom stereocenters. The number of halogens is 1. The molecule has 2 aromatic carbocycles. The second-order valence-electron chi connectivity index (χ2n) is 3.81. The van der Waals surface area contributed by atoms with E-state index in [2.05, 4.69) is 0 Å². The number of benzene rings is 2. The van der Waals surface area contributed by atoms with Crippen molar-refractivity contribution >= 4 is 5.97 Å². The summed E-state index contributed by atoms with van der Waals surface area (Å²) in [6, 6.07) is 13.2. The Bertz CT molecular complexity index is 547. The first-order valence-electron chi connectivity index (χ1n) is 5.74. The number of hydrogen-bond donors (Lipinski definition) is 0. The van der Waals surface area contributed by atoms with Crippen molar-refractivity contribution in [3.63, 3.8) is 0 Å². The maximum atomic E-state index is 12.8. The van der Waals surface area contributed by atoms with Crippen molar-refractivity contribution in [1.29, 1.82) is 0 Å². The molecule has 0 aromatic heterocycles. The molecule has 0 aliphatic heterocycles. The lowest BCUT2D eigenvalue weighted by molar-refractivity contribution is 0.0526. The molecule has 0 aliphatic carbocycles. The number of esters is 1. The molecule has 92 valence electrons. The summed E-state index contributed by atoms with van der Waals surface area (Å²) in [5.74, 6) is -0.623. The van der Waals surface area contributed by atoms with Gasteiger partial charge in [0.1, 0.15) is 5.82 Å². The highest BCUT2D eigenvalue weighted by atomic mass is 19.1. The van der Waals surface area contributed by atoms with Gasteiger partial charge in [0.2, 0.25) is 0 Å². The van der Waals surface area contributed by atoms with Crippen LogP contribution in [0.1, 0.15) is 17.3 Å². The molecule has 0 amide bonds. The van der Waals surface area contributed by atoms with Gasteiger partial charge in [-0.1, -0.05) is 24.3 Å². The Kier molecular flexibility index (Phi) is 3.72. The molecule has 0 bridgehead atoms. The van der Waals surface area contributed by atoms with Gasteiger partial charge in [-0.25, -0.2) is 9.18 Å². The molecule has 0 unspecified atom stereocenters. The maximum absolute atomic E-state index is 12.8. The van der Waals surface area contributed by atoms with E-state index in [-0.39, 0.29) is 11.8 Å². The molecule has 0 N–H and O–H groups in total. The van der Waals surface area contributed by atoms with Crippen LogP contribution < -0.4 is 0 Å². The molecule has 0 radical (unpaired) electrons. The number of carbonyl (C=O) groups excluding carboxylic acids is 1. The predicted molar refractivity (Wildman–Crippen MR) is 67.8 cm³/mol. The average molecular weight is 244 g/mol. The van der Waals surface area contributed by atoms with Gasteiger partial charge in [0.05, 0.1) is 12.2 Å². The highest BCUT2D eigenvalue weighted by molar-refractivity contribution is 5.91. The molecule has 2 aromatic rings. The highest BCUT2D eigenvalue weighted by Crippen LogP contribution is 2.21. The number of rotatable bonds is 3. The van der Waals surface area contributed by atoms with Crippen molar-refractivity contribution in [3.05, 3.63) is 59.9 Å². The smallest absolute Gasteiger partial charge is 0.338 e. The van der Waals surface area contributed by atoms with E-state index in [1.165, 1.54) is 12.1 Å². The van der Waals surface area contributed by atoms with Crippen LogP contribution in [-0.4, -0.2) is 12.6 Å². The van der Waals surface area contributed by atoms with Crippen LogP contribution in [0.2, 0.25) is 0 Å². The van der Waals surface area contributed by atoms with E-state index in [9.17, 15) is 9.18 Å². The minimum Gasteiger partial charge on any atom is -0.462 e. The molecular weight excluding hydrogens is 231 g/mol. The van der Waals surface area contributed by atoms with Gasteiger partial charge in [-0.3, -0.25) is 0 Å². The van der Waals surface area contributed by atoms with Crippen LogP contribution in [0.15, 0.2) is 48.5 Å². The summed E-state index contributed by atoms with van der Waals surface area (Å²) in [6.07, 6.45) is 0. The normalized spacial score (nSPS) is 10.1. The third-order valence-electron chi connectivity index (χ3n) is 2.55. The van der Waals surface area contributed by atoms with Crippen LogP contribution in [0, 0.1) is 5.82 Å². The van der Waals surface area contributed by atoms with Gasteiger partial charge in [-0.2, -0.15) is 0 Å². The molecule has 3 heteroatoms. The summed E-state index contributed by atoms with van der Waals surface area (Å²) in [5.41, 5.74) is 2.22. The van der Waals surface area contributed by atoms with Crippen LogP contribution in [0.25, 0.3) is 11.1 Å². The Morgan fingerprint density at radius 3 is 2.50 bits per heavy atom. The standard InChI is InChI=1S/C15H13FO2/c1-2-18-15(17)13-5-3-4-12(10-13)11-6-8-14(16)9-7-11/h3-10H,2H2,1H3. The maximum Gasteiger partial charge on any atom is 0.338 e. The Morgan fingerprint density at radius 2 is 1.83 bits per heavy atom. The minimum atomic E-state index is -0.346. The van der Waals surface area contributed by atoms with E-state index in [4.69, 9.17) is 4.74 Å². The van der Waals surface area contributed by atoms with Crippen LogP contribution in [0.5, 0.6) is 0 Å². The quantitative estimate of drug-likeness (QED) is 0.770. The van der Waals surface area contributed by atoms with Crippen molar-refractivity contribution in [2.24, 2.45) is 0 Å². The van der Waals surface area contributed by atoms with Gasteiger partial charge in [0, 0.05) is 0 Å². The number of hydrogen-bond acceptors (Lipinski definition) is 2. The molecule has 0 saturated heterocycles. The summed E-state index contributed by atoms with van der Waals surface area (Å²) < 4.78 is 17.8. The van der Waals surface area contributed by atoms with Crippen LogP contribution in [-0.2, 0) is 4.74 Å². The largest absolute Gasteiger partial charge is 0.462 e. The fraction of sp³-hybridized carbons (Fsp3) is 0.133. The third-order valence-corrected chi connectivity index (χ3v) is 2.55. The van der Waals surface area contributed by atoms with Crippen molar-refractivity contribution in [1.82, 2.24) is 0 Å². The Balaban J connectivity index is 2.32. The van der Waals surface area contributed by atoms with Crippen molar-refractivity contribution < 1.29 is 13.9 Å². The van der Waals surface area contributed by atoms with Crippen molar-refractivity contribution in [3.8, 4) is 11.1 Å². The summed E-state index contributed by atoms with van der Waals surface area (Å²) in [4.78, 5) is 11.6. The Labute approximate surface area is 105 Å². The van der Waals surface area contributed by atoms with Crippen molar-refractivity contribution in [2.75, 3.05) is 6.61 Å². The van der Waals surface area contributed by atoms with Gasteiger partial charge >= 0.3 is 5.97 Å². The second kappa shape index (κ2) is 5.45. The molecule has 0 heterocycles. The Morgan fingerprint density at radius 1 is 1.11 bits per heavy atom. The van der Waals surface area contributed by atoms with Crippen LogP contribution >= 0.6 is 0 Å². The molecule has 0 fully saturated rings.